The lowest BCUT2D eigenvalue weighted by Gasteiger charge is -2.39. The molecule has 1 heterocycles. The van der Waals surface area contributed by atoms with Crippen LogP contribution in [0.1, 0.15) is 37.7 Å². The third kappa shape index (κ3) is 2.56. The van der Waals surface area contributed by atoms with E-state index < -0.39 is 0 Å². The molecule has 2 saturated carbocycles. The van der Waals surface area contributed by atoms with Gasteiger partial charge in [-0.3, -0.25) is 4.90 Å². The number of fused-ring (bicyclic) bond motifs is 2. The van der Waals surface area contributed by atoms with Crippen LogP contribution in [0.3, 0.4) is 0 Å². The molecule has 2 bridgehead atoms. The Balaban J connectivity index is 1.36. The van der Waals surface area contributed by atoms with Crippen molar-refractivity contribution >= 4 is 5.71 Å². The molecular weight excluding hydrogens is 272 g/mol. The predicted octanol–water partition coefficient (Wildman–Crippen LogP) is 3.57. The summed E-state index contributed by atoms with van der Waals surface area (Å²) in [5.41, 5.74) is 2.57. The first-order valence-electron chi connectivity index (χ1n) is 8.85. The molecule has 1 N–H and O–H groups in total. The molecule has 3 unspecified atom stereocenters. The third-order valence-electron chi connectivity index (χ3n) is 6.17. The predicted molar refractivity (Wildman–Crippen MR) is 88.3 cm³/mol. The van der Waals surface area contributed by atoms with Crippen molar-refractivity contribution in [3.05, 3.63) is 35.9 Å². The molecular formula is C19H26N2O. The number of hydrogen-bond donors (Lipinski definition) is 1. The molecule has 22 heavy (non-hydrogen) atoms. The first kappa shape index (κ1) is 14.3. The van der Waals surface area contributed by atoms with E-state index in [9.17, 15) is 5.21 Å². The minimum Gasteiger partial charge on any atom is -0.411 e. The highest BCUT2D eigenvalue weighted by Crippen LogP contribution is 2.45. The number of likely N-dealkylation sites (tertiary alicyclic amines) is 1. The highest BCUT2D eigenvalue weighted by atomic mass is 16.4. The van der Waals surface area contributed by atoms with Crippen LogP contribution in [0.4, 0.5) is 0 Å². The van der Waals surface area contributed by atoms with E-state index in [0.29, 0.717) is 12.0 Å². The number of hydrogen-bond acceptors (Lipinski definition) is 3. The maximum Gasteiger partial charge on any atom is 0.0775 e. The molecule has 0 radical (unpaired) electrons. The van der Waals surface area contributed by atoms with E-state index in [1.165, 1.54) is 57.2 Å². The molecule has 3 nitrogen and oxygen atoms in total. The van der Waals surface area contributed by atoms with Crippen molar-refractivity contribution in [1.29, 1.82) is 0 Å². The standard InChI is InChI=1S/C19H26N2O/c22-20-18-16-6-7-17(13-16)19(18)21-10-8-15(9-11-21)12-14-4-2-1-3-5-14/h1-5,15-17,19,22H,6-13H2/b20-18-. The fraction of sp³-hybridized carbons (Fsp3) is 0.632. The Morgan fingerprint density at radius 1 is 1.05 bits per heavy atom. The number of benzene rings is 1. The smallest absolute Gasteiger partial charge is 0.0775 e. The van der Waals surface area contributed by atoms with E-state index in [0.717, 1.165) is 17.5 Å². The van der Waals surface area contributed by atoms with Gasteiger partial charge in [-0.1, -0.05) is 35.5 Å². The Morgan fingerprint density at radius 3 is 2.55 bits per heavy atom. The lowest BCUT2D eigenvalue weighted by Crippen LogP contribution is -2.48. The lowest BCUT2D eigenvalue weighted by molar-refractivity contribution is 0.133. The molecule has 3 heteroatoms. The van der Waals surface area contributed by atoms with E-state index in [-0.39, 0.29) is 0 Å². The summed E-state index contributed by atoms with van der Waals surface area (Å²) in [6.45, 7) is 2.34. The first-order chi connectivity index (χ1) is 10.8. The fourth-order valence-electron chi connectivity index (χ4n) is 5.06. The van der Waals surface area contributed by atoms with Crippen molar-refractivity contribution in [1.82, 2.24) is 4.90 Å². The van der Waals surface area contributed by atoms with Gasteiger partial charge in [-0.15, -0.1) is 0 Å². The van der Waals surface area contributed by atoms with Crippen molar-refractivity contribution in [2.24, 2.45) is 22.9 Å². The van der Waals surface area contributed by atoms with Crippen LogP contribution in [-0.2, 0) is 6.42 Å². The van der Waals surface area contributed by atoms with Gasteiger partial charge in [-0.25, -0.2) is 0 Å². The van der Waals surface area contributed by atoms with E-state index in [1.807, 2.05) is 0 Å². The number of piperidine rings is 1. The molecule has 1 aromatic carbocycles. The van der Waals surface area contributed by atoms with Crippen molar-refractivity contribution in [2.75, 3.05) is 13.1 Å². The summed E-state index contributed by atoms with van der Waals surface area (Å²) >= 11 is 0. The highest BCUT2D eigenvalue weighted by Gasteiger charge is 2.48. The van der Waals surface area contributed by atoms with Gasteiger partial charge in [0.25, 0.3) is 0 Å². The summed E-state index contributed by atoms with van der Waals surface area (Å²) in [6.07, 6.45) is 7.60. The average molecular weight is 298 g/mol. The van der Waals surface area contributed by atoms with Crippen molar-refractivity contribution < 1.29 is 5.21 Å². The topological polar surface area (TPSA) is 35.8 Å². The number of nitrogens with zero attached hydrogens (tertiary/aromatic N) is 2. The Kier molecular flexibility index (Phi) is 3.91. The minimum absolute atomic E-state index is 0.446. The van der Waals surface area contributed by atoms with Crippen LogP contribution < -0.4 is 0 Å². The first-order valence-corrected chi connectivity index (χ1v) is 8.85. The minimum atomic E-state index is 0.446. The molecule has 1 aromatic rings. The fourth-order valence-corrected chi connectivity index (χ4v) is 5.06. The summed E-state index contributed by atoms with van der Waals surface area (Å²) in [5, 5.41) is 13.1. The van der Waals surface area contributed by atoms with Gasteiger partial charge in [0.15, 0.2) is 0 Å². The molecule has 1 saturated heterocycles. The molecule has 0 amide bonds. The van der Waals surface area contributed by atoms with Crippen LogP contribution in [0.15, 0.2) is 35.5 Å². The molecule has 2 aliphatic carbocycles. The van der Waals surface area contributed by atoms with Gasteiger partial charge in [0.05, 0.1) is 11.8 Å². The van der Waals surface area contributed by atoms with Gasteiger partial charge < -0.3 is 5.21 Å². The van der Waals surface area contributed by atoms with Crippen LogP contribution in [0.2, 0.25) is 0 Å². The van der Waals surface area contributed by atoms with Gasteiger partial charge in [-0.05, 0) is 69.0 Å². The maximum atomic E-state index is 9.40. The monoisotopic (exact) mass is 298 g/mol. The molecule has 0 spiro atoms. The van der Waals surface area contributed by atoms with Crippen LogP contribution in [0.25, 0.3) is 0 Å². The average Bonchev–Trinajstić information content (AvgIpc) is 3.17. The molecule has 3 atom stereocenters. The molecule has 4 rings (SSSR count). The summed E-state index contributed by atoms with van der Waals surface area (Å²) in [7, 11) is 0. The second-order valence-corrected chi connectivity index (χ2v) is 7.41. The van der Waals surface area contributed by atoms with E-state index in [4.69, 9.17) is 0 Å². The van der Waals surface area contributed by atoms with Gasteiger partial charge in [0, 0.05) is 5.92 Å². The summed E-state index contributed by atoms with van der Waals surface area (Å²) in [4.78, 5) is 2.61. The SMILES string of the molecule is O/N=C1/C2CCC(C2)C1N1CCC(Cc2ccccc2)CC1. The summed E-state index contributed by atoms with van der Waals surface area (Å²) < 4.78 is 0. The Labute approximate surface area is 133 Å². The van der Waals surface area contributed by atoms with E-state index in [2.05, 4.69) is 40.4 Å². The Bertz CT molecular complexity index is 534. The maximum absolute atomic E-state index is 9.40. The van der Waals surface area contributed by atoms with Gasteiger partial charge in [0.1, 0.15) is 0 Å². The Morgan fingerprint density at radius 2 is 1.82 bits per heavy atom. The lowest BCUT2D eigenvalue weighted by atomic mass is 9.86. The zero-order valence-corrected chi connectivity index (χ0v) is 13.2. The zero-order valence-electron chi connectivity index (χ0n) is 13.2. The quantitative estimate of drug-likeness (QED) is 0.684. The number of rotatable bonds is 3. The molecule has 0 aromatic heterocycles. The second-order valence-electron chi connectivity index (χ2n) is 7.41. The zero-order chi connectivity index (χ0) is 14.9. The van der Waals surface area contributed by atoms with Crippen LogP contribution in [0, 0.1) is 17.8 Å². The summed E-state index contributed by atoms with van der Waals surface area (Å²) in [6, 6.07) is 11.3. The van der Waals surface area contributed by atoms with Crippen molar-refractivity contribution in [3.8, 4) is 0 Å². The molecule has 3 fully saturated rings. The number of oxime groups is 1. The second kappa shape index (κ2) is 6.04. The third-order valence-corrected chi connectivity index (χ3v) is 6.17. The molecule has 3 aliphatic rings. The Hall–Kier alpha value is -1.35. The normalized spacial score (nSPS) is 34.5. The largest absolute Gasteiger partial charge is 0.411 e. The highest BCUT2D eigenvalue weighted by molar-refractivity contribution is 5.94. The van der Waals surface area contributed by atoms with Crippen LogP contribution in [0.5, 0.6) is 0 Å². The van der Waals surface area contributed by atoms with Gasteiger partial charge in [0.2, 0.25) is 0 Å². The van der Waals surface area contributed by atoms with E-state index in [1.54, 1.807) is 0 Å². The van der Waals surface area contributed by atoms with Crippen LogP contribution in [-0.4, -0.2) is 35.0 Å². The molecule has 118 valence electrons. The summed E-state index contributed by atoms with van der Waals surface area (Å²) in [5.74, 6) is 2.13. The van der Waals surface area contributed by atoms with E-state index >= 15 is 0 Å². The van der Waals surface area contributed by atoms with Gasteiger partial charge in [-0.2, -0.15) is 0 Å². The van der Waals surface area contributed by atoms with Crippen molar-refractivity contribution in [2.45, 2.75) is 44.6 Å². The van der Waals surface area contributed by atoms with Crippen LogP contribution >= 0.6 is 0 Å². The van der Waals surface area contributed by atoms with Crippen molar-refractivity contribution in [3.63, 3.8) is 0 Å². The molecule has 1 aliphatic heterocycles. The van der Waals surface area contributed by atoms with Gasteiger partial charge >= 0.3 is 0 Å².